The van der Waals surface area contributed by atoms with Gasteiger partial charge in [-0.15, -0.1) is 11.3 Å². The molecular weight excluding hydrogens is 220 g/mol. The van der Waals surface area contributed by atoms with E-state index in [2.05, 4.69) is 5.32 Å². The van der Waals surface area contributed by atoms with Crippen LogP contribution in [0.15, 0.2) is 17.5 Å². The third kappa shape index (κ3) is 2.83. The van der Waals surface area contributed by atoms with Crippen LogP contribution in [0.3, 0.4) is 0 Å². The fourth-order valence-electron chi connectivity index (χ4n) is 2.19. The number of rotatable bonds is 4. The van der Waals surface area contributed by atoms with Gasteiger partial charge in [0.05, 0.1) is 6.42 Å². The van der Waals surface area contributed by atoms with Crippen LogP contribution < -0.4 is 5.32 Å². The van der Waals surface area contributed by atoms with E-state index < -0.39 is 0 Å². The highest BCUT2D eigenvalue weighted by Gasteiger charge is 2.25. The summed E-state index contributed by atoms with van der Waals surface area (Å²) in [5.41, 5.74) is 0. The Labute approximate surface area is 100 Å². The normalized spacial score (nSPS) is 20.3. The molecule has 1 unspecified atom stereocenters. The Morgan fingerprint density at radius 2 is 2.56 bits per heavy atom. The van der Waals surface area contributed by atoms with Crippen LogP contribution in [0.5, 0.6) is 0 Å². The van der Waals surface area contributed by atoms with Gasteiger partial charge in [-0.1, -0.05) is 6.07 Å². The summed E-state index contributed by atoms with van der Waals surface area (Å²) in [4.78, 5) is 15.1. The Morgan fingerprint density at radius 1 is 1.69 bits per heavy atom. The number of nitrogens with one attached hydrogen (secondary N) is 1. The fourth-order valence-corrected chi connectivity index (χ4v) is 2.88. The average Bonchev–Trinajstić information content (AvgIpc) is 2.89. The van der Waals surface area contributed by atoms with Crippen LogP contribution >= 0.6 is 11.3 Å². The molecule has 88 valence electrons. The molecule has 2 rings (SSSR count). The zero-order valence-electron chi connectivity index (χ0n) is 9.61. The second-order valence-electron chi connectivity index (χ2n) is 4.31. The molecule has 1 aliphatic rings. The van der Waals surface area contributed by atoms with Crippen molar-refractivity contribution in [2.45, 2.75) is 12.8 Å². The van der Waals surface area contributed by atoms with Crippen molar-refractivity contribution in [2.24, 2.45) is 5.92 Å². The lowest BCUT2D eigenvalue weighted by Gasteiger charge is -2.16. The SMILES string of the molecule is CNCC1CCN(C(=O)Cc2cccs2)C1. The minimum atomic E-state index is 0.279. The Bertz CT molecular complexity index is 337. The maximum Gasteiger partial charge on any atom is 0.227 e. The van der Waals surface area contributed by atoms with Gasteiger partial charge in [0.1, 0.15) is 0 Å². The Kier molecular flexibility index (Phi) is 3.96. The molecule has 0 spiro atoms. The summed E-state index contributed by atoms with van der Waals surface area (Å²) in [5, 5.41) is 5.20. The number of carbonyl (C=O) groups excluding carboxylic acids is 1. The molecule has 0 bridgehead atoms. The van der Waals surface area contributed by atoms with E-state index in [9.17, 15) is 4.79 Å². The second kappa shape index (κ2) is 5.46. The van der Waals surface area contributed by atoms with Crippen molar-refractivity contribution in [3.05, 3.63) is 22.4 Å². The predicted octanol–water partition coefficient (Wildman–Crippen LogP) is 1.36. The number of thiophene rings is 1. The van der Waals surface area contributed by atoms with E-state index in [0.717, 1.165) is 26.1 Å². The van der Waals surface area contributed by atoms with Crippen LogP contribution in [-0.4, -0.2) is 37.5 Å². The minimum Gasteiger partial charge on any atom is -0.342 e. The molecule has 1 fully saturated rings. The zero-order valence-corrected chi connectivity index (χ0v) is 10.4. The smallest absolute Gasteiger partial charge is 0.227 e. The lowest BCUT2D eigenvalue weighted by molar-refractivity contribution is -0.129. The maximum atomic E-state index is 12.0. The third-order valence-electron chi connectivity index (χ3n) is 3.04. The van der Waals surface area contributed by atoms with E-state index in [0.29, 0.717) is 12.3 Å². The summed E-state index contributed by atoms with van der Waals surface area (Å²) >= 11 is 1.66. The minimum absolute atomic E-state index is 0.279. The molecule has 1 N–H and O–H groups in total. The van der Waals surface area contributed by atoms with Crippen molar-refractivity contribution in [2.75, 3.05) is 26.7 Å². The van der Waals surface area contributed by atoms with Crippen LogP contribution in [0.1, 0.15) is 11.3 Å². The number of carbonyl (C=O) groups is 1. The van der Waals surface area contributed by atoms with Gasteiger partial charge in [0, 0.05) is 18.0 Å². The van der Waals surface area contributed by atoms with Gasteiger partial charge in [-0.25, -0.2) is 0 Å². The van der Waals surface area contributed by atoms with E-state index in [1.807, 2.05) is 29.5 Å². The standard InChI is InChI=1S/C12H18N2OS/c1-13-8-10-4-5-14(9-10)12(15)7-11-3-2-6-16-11/h2-3,6,10,13H,4-5,7-9H2,1H3. The van der Waals surface area contributed by atoms with Crippen molar-refractivity contribution < 1.29 is 4.79 Å². The summed E-state index contributed by atoms with van der Waals surface area (Å²) in [6, 6.07) is 4.03. The van der Waals surface area contributed by atoms with E-state index in [1.165, 1.54) is 4.88 Å². The van der Waals surface area contributed by atoms with Crippen molar-refractivity contribution in [3.63, 3.8) is 0 Å². The van der Waals surface area contributed by atoms with Crippen LogP contribution in [0.2, 0.25) is 0 Å². The molecule has 0 radical (unpaired) electrons. The number of hydrogen-bond acceptors (Lipinski definition) is 3. The lowest BCUT2D eigenvalue weighted by Crippen LogP contribution is -2.31. The van der Waals surface area contributed by atoms with Crippen molar-refractivity contribution >= 4 is 17.2 Å². The van der Waals surface area contributed by atoms with Gasteiger partial charge in [-0.2, -0.15) is 0 Å². The van der Waals surface area contributed by atoms with E-state index in [1.54, 1.807) is 11.3 Å². The van der Waals surface area contributed by atoms with E-state index >= 15 is 0 Å². The van der Waals surface area contributed by atoms with Crippen LogP contribution in [0.4, 0.5) is 0 Å². The number of likely N-dealkylation sites (tertiary alicyclic amines) is 1. The van der Waals surface area contributed by atoms with Gasteiger partial charge in [-0.3, -0.25) is 4.79 Å². The third-order valence-corrected chi connectivity index (χ3v) is 3.91. The molecule has 1 amide bonds. The predicted molar refractivity (Wildman–Crippen MR) is 66.6 cm³/mol. The molecule has 0 aliphatic carbocycles. The van der Waals surface area contributed by atoms with Crippen molar-refractivity contribution in [1.29, 1.82) is 0 Å². The van der Waals surface area contributed by atoms with Gasteiger partial charge in [0.2, 0.25) is 5.91 Å². The summed E-state index contributed by atoms with van der Waals surface area (Å²) < 4.78 is 0. The molecule has 1 atom stereocenters. The molecule has 0 aromatic carbocycles. The average molecular weight is 238 g/mol. The van der Waals surface area contributed by atoms with Crippen LogP contribution in [-0.2, 0) is 11.2 Å². The Balaban J connectivity index is 1.83. The Hall–Kier alpha value is -0.870. The topological polar surface area (TPSA) is 32.3 Å². The van der Waals surface area contributed by atoms with E-state index in [-0.39, 0.29) is 5.91 Å². The molecule has 4 heteroatoms. The molecule has 1 saturated heterocycles. The molecular formula is C12H18N2OS. The number of amides is 1. The summed E-state index contributed by atoms with van der Waals surface area (Å²) in [7, 11) is 1.97. The van der Waals surface area contributed by atoms with Crippen molar-refractivity contribution in [3.8, 4) is 0 Å². The van der Waals surface area contributed by atoms with Crippen molar-refractivity contribution in [1.82, 2.24) is 10.2 Å². The largest absolute Gasteiger partial charge is 0.342 e. The Morgan fingerprint density at radius 3 is 3.25 bits per heavy atom. The van der Waals surface area contributed by atoms with Gasteiger partial charge >= 0.3 is 0 Å². The van der Waals surface area contributed by atoms with Gasteiger partial charge in [-0.05, 0) is 37.4 Å². The zero-order chi connectivity index (χ0) is 11.4. The first-order valence-corrected chi connectivity index (χ1v) is 6.62. The molecule has 16 heavy (non-hydrogen) atoms. The number of hydrogen-bond donors (Lipinski definition) is 1. The molecule has 1 aromatic heterocycles. The first-order valence-electron chi connectivity index (χ1n) is 5.74. The molecule has 3 nitrogen and oxygen atoms in total. The quantitative estimate of drug-likeness (QED) is 0.859. The molecule has 2 heterocycles. The van der Waals surface area contributed by atoms with Gasteiger partial charge < -0.3 is 10.2 Å². The van der Waals surface area contributed by atoms with Gasteiger partial charge in [0.15, 0.2) is 0 Å². The lowest BCUT2D eigenvalue weighted by atomic mass is 10.1. The number of nitrogens with zero attached hydrogens (tertiary/aromatic N) is 1. The highest BCUT2D eigenvalue weighted by Crippen LogP contribution is 2.18. The molecule has 1 aliphatic heterocycles. The summed E-state index contributed by atoms with van der Waals surface area (Å²) in [5.74, 6) is 0.915. The van der Waals surface area contributed by atoms with E-state index in [4.69, 9.17) is 0 Å². The van der Waals surface area contributed by atoms with Crippen LogP contribution in [0, 0.1) is 5.92 Å². The first-order chi connectivity index (χ1) is 7.79. The first kappa shape index (κ1) is 11.6. The molecule has 1 aromatic rings. The summed E-state index contributed by atoms with van der Waals surface area (Å²) in [6.45, 7) is 2.87. The summed E-state index contributed by atoms with van der Waals surface area (Å²) in [6.07, 6.45) is 1.71. The van der Waals surface area contributed by atoms with Crippen LogP contribution in [0.25, 0.3) is 0 Å². The highest BCUT2D eigenvalue weighted by molar-refractivity contribution is 7.10. The maximum absolute atomic E-state index is 12.0. The molecule has 0 saturated carbocycles. The highest BCUT2D eigenvalue weighted by atomic mass is 32.1. The second-order valence-corrected chi connectivity index (χ2v) is 5.34. The fraction of sp³-hybridized carbons (Fsp3) is 0.583. The van der Waals surface area contributed by atoms with Gasteiger partial charge in [0.25, 0.3) is 0 Å². The monoisotopic (exact) mass is 238 g/mol.